The van der Waals surface area contributed by atoms with Crippen molar-refractivity contribution in [3.8, 4) is 11.5 Å². The molecule has 0 aliphatic heterocycles. The fourth-order valence-electron chi connectivity index (χ4n) is 2.36. The van der Waals surface area contributed by atoms with E-state index >= 15 is 0 Å². The molecule has 0 bridgehead atoms. The summed E-state index contributed by atoms with van der Waals surface area (Å²) in [5.74, 6) is 1.65. The normalized spacial score (nSPS) is 11.4. The summed E-state index contributed by atoms with van der Waals surface area (Å²) in [7, 11) is 3.09. The van der Waals surface area contributed by atoms with Crippen molar-refractivity contribution in [2.75, 3.05) is 19.5 Å². The van der Waals surface area contributed by atoms with Crippen molar-refractivity contribution in [3.63, 3.8) is 0 Å². The molecule has 130 valence electrons. The Bertz CT molecular complexity index is 956. The third-order valence-electron chi connectivity index (χ3n) is 3.61. The van der Waals surface area contributed by atoms with Gasteiger partial charge in [0.1, 0.15) is 0 Å². The Balaban J connectivity index is 2.00. The summed E-state index contributed by atoms with van der Waals surface area (Å²) >= 11 is -4.89. The van der Waals surface area contributed by atoms with Crippen molar-refractivity contribution in [2.45, 2.75) is 0 Å². The van der Waals surface area contributed by atoms with Crippen LogP contribution in [0.25, 0.3) is 10.9 Å². The summed E-state index contributed by atoms with van der Waals surface area (Å²) < 4.78 is 40.3. The van der Waals surface area contributed by atoms with Crippen molar-refractivity contribution in [2.24, 2.45) is 0 Å². The number of anilines is 2. The van der Waals surface area contributed by atoms with Gasteiger partial charge in [0.2, 0.25) is 0 Å². The molecule has 0 atom stereocenters. The molecule has 0 unspecified atom stereocenters. The van der Waals surface area contributed by atoms with E-state index in [1.807, 2.05) is 0 Å². The second-order valence-electron chi connectivity index (χ2n) is 5.16. The molecule has 3 rings (SSSR count). The van der Waals surface area contributed by atoms with Crippen molar-refractivity contribution >= 4 is 40.9 Å². The summed E-state index contributed by atoms with van der Waals surface area (Å²) in [5, 5.41) is 3.85. The van der Waals surface area contributed by atoms with E-state index in [1.165, 1.54) is 18.5 Å². The van der Waals surface area contributed by atoms with Crippen LogP contribution in [-0.2, 0) is 3.74 Å². The Morgan fingerprint density at radius 3 is 2.24 bits per heavy atom. The van der Waals surface area contributed by atoms with Crippen molar-refractivity contribution in [3.05, 3.63) is 42.7 Å². The minimum absolute atomic E-state index is 0.0163. The number of hydrogen-bond donors (Lipinski definition) is 3. The number of aromatic nitrogens is 2. The number of methoxy groups -OCH3 is 2. The Kier molecular flexibility index (Phi) is 4.67. The summed E-state index contributed by atoms with van der Waals surface area (Å²) in [6.07, 6.45) is 1.42. The van der Waals surface area contributed by atoms with Crippen LogP contribution in [0.4, 0.5) is 11.5 Å². The molecule has 1 aromatic heterocycles. The van der Waals surface area contributed by atoms with Crippen LogP contribution in [0, 0.1) is 0 Å². The van der Waals surface area contributed by atoms with Gasteiger partial charge < -0.3 is 0 Å². The fraction of sp³-hybridized carbons (Fsp3) is 0.125. The SMILES string of the molecule is COc1cc2ncnc(Nc3ccc([As](=O)(O)O)cc3)c2cc1OC. The molecule has 0 fully saturated rings. The van der Waals surface area contributed by atoms with E-state index in [4.69, 9.17) is 9.47 Å². The standard InChI is InChI=1S/C16H16AsN3O5/c1-24-14-7-12-13(8-15(14)25-2)18-9-19-16(12)20-11-5-3-10(4-6-11)17(21,22)23/h3-9H,1-2H3,(H,18,19,20)(H2,21,22,23). The van der Waals surface area contributed by atoms with Crippen LogP contribution < -0.4 is 19.1 Å². The molecule has 0 radical (unpaired) electrons. The first-order valence-corrected chi connectivity index (χ1v) is 10.6. The number of hydrogen-bond acceptors (Lipinski definition) is 6. The number of nitrogens with one attached hydrogen (secondary N) is 1. The molecule has 0 spiro atoms. The molecular weight excluding hydrogens is 389 g/mol. The van der Waals surface area contributed by atoms with Crippen molar-refractivity contribution in [1.29, 1.82) is 0 Å². The van der Waals surface area contributed by atoms with E-state index in [2.05, 4.69) is 15.3 Å². The zero-order chi connectivity index (χ0) is 18.0. The topological polar surface area (TPSA) is 114 Å². The third kappa shape index (κ3) is 3.61. The van der Waals surface area contributed by atoms with Crippen LogP contribution in [0.15, 0.2) is 42.7 Å². The summed E-state index contributed by atoms with van der Waals surface area (Å²) in [6.45, 7) is 0. The first-order chi connectivity index (χ1) is 11.9. The molecule has 0 aliphatic carbocycles. The maximum atomic E-state index is 11.3. The van der Waals surface area contributed by atoms with Gasteiger partial charge in [-0.25, -0.2) is 0 Å². The average Bonchev–Trinajstić information content (AvgIpc) is 2.60. The van der Waals surface area contributed by atoms with Gasteiger partial charge in [0.05, 0.1) is 0 Å². The van der Waals surface area contributed by atoms with Gasteiger partial charge in [-0.3, -0.25) is 0 Å². The molecule has 0 saturated carbocycles. The number of rotatable bonds is 5. The average molecular weight is 405 g/mol. The van der Waals surface area contributed by atoms with E-state index in [0.717, 1.165) is 5.39 Å². The molecule has 3 N–H and O–H groups in total. The first kappa shape index (κ1) is 17.3. The molecule has 9 heteroatoms. The Labute approximate surface area is 146 Å². The van der Waals surface area contributed by atoms with Crippen molar-refractivity contribution < 1.29 is 21.4 Å². The molecule has 2 aromatic carbocycles. The molecule has 3 aromatic rings. The first-order valence-electron chi connectivity index (χ1n) is 7.22. The predicted molar refractivity (Wildman–Crippen MR) is 92.9 cm³/mol. The van der Waals surface area contributed by atoms with Crippen LogP contribution in [0.2, 0.25) is 0 Å². The molecule has 0 saturated heterocycles. The number of benzene rings is 2. The van der Waals surface area contributed by atoms with Crippen molar-refractivity contribution in [1.82, 2.24) is 9.97 Å². The van der Waals surface area contributed by atoms with Gasteiger partial charge in [-0.2, -0.15) is 0 Å². The van der Waals surface area contributed by atoms with Crippen LogP contribution in [0.5, 0.6) is 11.5 Å². The Morgan fingerprint density at radius 1 is 1.00 bits per heavy atom. The Hall–Kier alpha value is -2.54. The molecule has 0 amide bonds. The monoisotopic (exact) mass is 405 g/mol. The van der Waals surface area contributed by atoms with Crippen LogP contribution >= 0.6 is 0 Å². The van der Waals surface area contributed by atoms with Crippen LogP contribution in [0.3, 0.4) is 0 Å². The molecule has 0 aliphatic rings. The number of fused-ring (bicyclic) bond motifs is 1. The third-order valence-corrected chi connectivity index (χ3v) is 5.64. The van der Waals surface area contributed by atoms with Gasteiger partial charge in [0.25, 0.3) is 0 Å². The molecular formula is C16H16AsN3O5. The molecule has 25 heavy (non-hydrogen) atoms. The van der Waals surface area contributed by atoms with E-state index < -0.39 is 14.2 Å². The summed E-state index contributed by atoms with van der Waals surface area (Å²) in [6, 6.07) is 9.49. The zero-order valence-corrected chi connectivity index (χ0v) is 15.4. The van der Waals surface area contributed by atoms with Gasteiger partial charge in [0, 0.05) is 0 Å². The summed E-state index contributed by atoms with van der Waals surface area (Å²) in [4.78, 5) is 8.46. The van der Waals surface area contributed by atoms with Gasteiger partial charge >= 0.3 is 146 Å². The van der Waals surface area contributed by atoms with Crippen LogP contribution in [0.1, 0.15) is 0 Å². The summed E-state index contributed by atoms with van der Waals surface area (Å²) in [5.41, 5.74) is 1.31. The van der Waals surface area contributed by atoms with Gasteiger partial charge in [-0.05, 0) is 0 Å². The quantitative estimate of drug-likeness (QED) is 0.538. The van der Waals surface area contributed by atoms with Gasteiger partial charge in [-0.1, -0.05) is 0 Å². The van der Waals surface area contributed by atoms with E-state index in [9.17, 15) is 11.9 Å². The van der Waals surface area contributed by atoms with Crippen LogP contribution in [-0.4, -0.2) is 46.6 Å². The zero-order valence-electron chi connectivity index (χ0n) is 13.5. The predicted octanol–water partition coefficient (Wildman–Crippen LogP) is 0.952. The Morgan fingerprint density at radius 2 is 1.64 bits per heavy atom. The second-order valence-corrected chi connectivity index (χ2v) is 8.53. The van der Waals surface area contributed by atoms with Gasteiger partial charge in [0.15, 0.2) is 0 Å². The van der Waals surface area contributed by atoms with E-state index in [-0.39, 0.29) is 4.35 Å². The number of ether oxygens (including phenoxy) is 2. The van der Waals surface area contributed by atoms with E-state index in [1.54, 1.807) is 38.5 Å². The second kappa shape index (κ2) is 6.76. The molecule has 1 heterocycles. The number of nitrogens with zero attached hydrogens (tertiary/aromatic N) is 2. The molecule has 8 nitrogen and oxygen atoms in total. The van der Waals surface area contributed by atoms with Gasteiger partial charge in [-0.15, -0.1) is 0 Å². The van der Waals surface area contributed by atoms with E-state index in [0.29, 0.717) is 28.5 Å². The minimum atomic E-state index is -4.89. The maximum absolute atomic E-state index is 11.3. The fourth-order valence-corrected chi connectivity index (χ4v) is 3.49.